The van der Waals surface area contributed by atoms with Crippen LogP contribution < -0.4 is 0 Å². The molecule has 0 aliphatic heterocycles. The smallest absolute Gasteiger partial charge is 0.231 e. The highest BCUT2D eigenvalue weighted by molar-refractivity contribution is 6.11. The van der Waals surface area contributed by atoms with Gasteiger partial charge in [-0.3, -0.25) is 15.0 Å². The summed E-state index contributed by atoms with van der Waals surface area (Å²) in [5.74, 6) is -0.0691. The molecule has 6 aromatic carbocycles. The van der Waals surface area contributed by atoms with Crippen LogP contribution in [0.3, 0.4) is 0 Å². The number of nitrogens with zero attached hydrogens (tertiary/aromatic N) is 12. The number of ketones is 2. The Hall–Kier alpha value is -12.9. The third-order valence-corrected chi connectivity index (χ3v) is 23.3. The van der Waals surface area contributed by atoms with Gasteiger partial charge in [-0.05, 0) is 155 Å². The standard InChI is InChI=1S/C30H25FN4O.C30H23FN4O.C30H21FN4O.38H2/c3*1-17-22-13-12-21-26(20-9-4-6-10-23(20)31)34-29(19-14-15-33-24-11-7-5-8-18(19)24)35-28(21)30(22,2)16-25(32-3)27(17)36;;;;;;;;;;;;;;;;;;;;;;;;;;;;;;;;;;;;;;/h4-11,14-15,17,22,36H,12-13,16H2,1-2H3;4-11,14-17,22H,12-13H2,1-2H3;4-11,14-16H,12-13H2,1-2H3;38*1H/t2*17-,22-,30-;30-;;;;;;;;;;;;;;;;;;;;;;;;;;;;;;;;;;;;;;/m111....................................../s1/i;;;37*1+2T;1+2. The Bertz CT molecular complexity index is 6270. The number of pyridine rings is 3. The molecule has 0 unspecified atom stereocenters. The molecule has 0 fully saturated rings. The van der Waals surface area contributed by atoms with Crippen LogP contribution in [0.4, 0.5) is 13.2 Å². The first-order chi connectivity index (χ1) is 89.3. The maximum Gasteiger partial charge on any atom is 0.231 e. The molecule has 6 aromatic heterocycles. The highest BCUT2D eigenvalue weighted by atomic mass is 19.1. The minimum atomic E-state index is -0.772. The number of carbonyl (C=O) groups is 2. The summed E-state index contributed by atoms with van der Waals surface area (Å²) in [6, 6.07) is 49.0. The number of hydrogen-bond acceptors (Lipinski definition) is 12. The van der Waals surface area contributed by atoms with Gasteiger partial charge < -0.3 is 14.7 Å². The van der Waals surface area contributed by atoms with E-state index < -0.39 is 16.2 Å². The molecule has 0 radical (unpaired) electrons. The Morgan fingerprint density at radius 2 is 0.889 bits per heavy atom. The van der Waals surface area contributed by atoms with Crippen LogP contribution in [-0.4, -0.2) is 61.5 Å². The van der Waals surface area contributed by atoms with Gasteiger partial charge in [-0.1, -0.05) is 131 Å². The largest absolute Gasteiger partial charge is 0.523 e. The molecular formula is C90H145F3N12O3. The van der Waals surface area contributed by atoms with Crippen molar-refractivity contribution >= 4 is 44.3 Å². The fraction of sp³-hybridized carbons (Fsp3) is 0.222. The Kier molecular flexibility index (Phi) is 9.83. The maximum absolute atomic E-state index is 15.1. The number of rotatable bonds is 6. The highest BCUT2D eigenvalue weighted by Gasteiger charge is 2.52. The summed E-state index contributed by atoms with van der Waals surface area (Å²) in [6.45, 7) is 34.8. The molecule has 6 aliphatic rings. The summed E-state index contributed by atoms with van der Waals surface area (Å²) in [6.07, 6.45) is 13.2. The second-order valence-corrected chi connectivity index (χ2v) is 29.2. The monoisotopic (exact) mass is 1650 g/mol. The topological polar surface area (TPSA) is 183 Å². The van der Waals surface area contributed by atoms with Crippen LogP contribution in [0.15, 0.2) is 229 Å². The van der Waals surface area contributed by atoms with Crippen molar-refractivity contribution in [1.29, 1.82) is 0 Å². The third-order valence-electron chi connectivity index (χ3n) is 23.3. The number of aromatic nitrogens is 9. The lowest BCUT2D eigenvalue weighted by Gasteiger charge is -2.48. The minimum absolute atomic E-state index is 0. The lowest BCUT2D eigenvalue weighted by Crippen LogP contribution is -2.46. The van der Waals surface area contributed by atoms with Crippen molar-refractivity contribution in [1.82, 2.24) is 44.9 Å². The number of fused-ring (bicyclic) bond motifs is 12. The van der Waals surface area contributed by atoms with Crippen LogP contribution in [0.25, 0.3) is 115 Å². The van der Waals surface area contributed by atoms with E-state index in [0.29, 0.717) is 100 Å². The summed E-state index contributed by atoms with van der Waals surface area (Å²) in [7, 11) is 0. The van der Waals surface area contributed by atoms with E-state index in [2.05, 4.69) is 43.3 Å². The second-order valence-electron chi connectivity index (χ2n) is 29.2. The molecule has 6 aliphatic carbocycles. The molecule has 0 bridgehead atoms. The first-order valence-corrected chi connectivity index (χ1v) is 36.1. The van der Waals surface area contributed by atoms with Crippen molar-refractivity contribution in [2.24, 2.45) is 23.7 Å². The zero-order valence-corrected chi connectivity index (χ0v) is 60.0. The summed E-state index contributed by atoms with van der Waals surface area (Å²) in [5, 5.41) is 13.5. The van der Waals surface area contributed by atoms with E-state index in [4.69, 9.17) is 159 Å². The van der Waals surface area contributed by atoms with Gasteiger partial charge in [0, 0.05) is 224 Å². The Labute approximate surface area is 737 Å². The number of benzene rings is 6. The van der Waals surface area contributed by atoms with Crippen LogP contribution in [-0.2, 0) is 45.1 Å². The first kappa shape index (κ1) is 39.0. The van der Waals surface area contributed by atoms with Crippen LogP contribution in [0.5, 0.6) is 0 Å². The molecule has 0 saturated heterocycles. The molecule has 15 nitrogen and oxygen atoms in total. The number of Topliss-reactive ketones (excluding diaryl/α,β-unsaturated/α-hetero) is 2. The Morgan fingerprint density at radius 3 is 1.35 bits per heavy atom. The van der Waals surface area contributed by atoms with Crippen molar-refractivity contribution in [3.05, 3.63) is 314 Å². The second kappa shape index (κ2) is 27.2. The molecule has 18 heteroatoms. The van der Waals surface area contributed by atoms with E-state index in [0.717, 1.165) is 95.9 Å². The molecule has 6 heterocycles. The number of aliphatic hydroxyl groups is 1. The molecule has 604 valence electrons. The molecule has 12 aromatic rings. The zero-order valence-electron chi connectivity index (χ0n) is 134. The molecule has 1 N–H and O–H groups in total. The lowest BCUT2D eigenvalue weighted by molar-refractivity contribution is -0.121. The summed E-state index contributed by atoms with van der Waals surface area (Å²) >= 11 is 0. The van der Waals surface area contributed by atoms with Crippen LogP contribution >= 0.6 is 0 Å². The Balaban J connectivity index is -0.0000000793. The average Bonchev–Trinajstić information content (AvgIpc) is 0.722. The average molecular weight is 1650 g/mol. The Morgan fingerprint density at radius 1 is 0.472 bits per heavy atom. The van der Waals surface area contributed by atoms with Crippen LogP contribution in [0.2, 0.25) is 0 Å². The van der Waals surface area contributed by atoms with Gasteiger partial charge in [0.05, 0.1) is 76.2 Å². The molecule has 108 heavy (non-hydrogen) atoms. The number of carbonyl (C=O) groups excluding carboxylic acids is 2. The highest BCUT2D eigenvalue weighted by Crippen LogP contribution is 2.56. The van der Waals surface area contributed by atoms with Gasteiger partial charge in [0.25, 0.3) is 0 Å². The van der Waals surface area contributed by atoms with Gasteiger partial charge in [0.15, 0.2) is 29.0 Å². The minimum Gasteiger partial charge on any atom is -0.523 e. The van der Waals surface area contributed by atoms with E-state index in [9.17, 15) is 14.7 Å². The first-order valence-electron chi connectivity index (χ1n) is 73.1. The van der Waals surface area contributed by atoms with Gasteiger partial charge in [-0.25, -0.2) is 57.6 Å². The van der Waals surface area contributed by atoms with Crippen molar-refractivity contribution in [3.8, 4) is 67.9 Å². The molecular weight excluding hydrogens is 1350 g/mol. The van der Waals surface area contributed by atoms with Crippen molar-refractivity contribution in [2.75, 3.05) is 0 Å². The van der Waals surface area contributed by atoms with Crippen LogP contribution in [0, 0.1) is 60.8 Å². The number of hydrogen-bond donors (Lipinski definition) is 1. The molecule has 7 atom stereocenters. The van der Waals surface area contributed by atoms with E-state index in [1.165, 1.54) is 18.2 Å². The van der Waals surface area contributed by atoms with Crippen molar-refractivity contribution in [3.63, 3.8) is 0 Å². The predicted octanol–water partition coefficient (Wildman–Crippen LogP) is 29.1. The predicted molar refractivity (Wildman–Crippen MR) is 490 cm³/mol. The van der Waals surface area contributed by atoms with Gasteiger partial charge in [0.1, 0.15) is 17.5 Å². The van der Waals surface area contributed by atoms with E-state index in [-0.39, 0.29) is 71.3 Å². The quantitative estimate of drug-likeness (QED) is 0.156. The number of para-hydroxylation sites is 3. The molecule has 18 rings (SSSR count). The lowest BCUT2D eigenvalue weighted by atomic mass is 9.57. The van der Waals surface area contributed by atoms with Crippen molar-refractivity contribution in [2.45, 2.75) is 103 Å². The molecule has 0 saturated carbocycles. The molecule has 0 amide bonds. The van der Waals surface area contributed by atoms with Gasteiger partial charge in [-0.2, -0.15) is 0 Å². The van der Waals surface area contributed by atoms with E-state index >= 15 is 13.2 Å². The van der Waals surface area contributed by atoms with Gasteiger partial charge >= 0.3 is 0 Å². The SMILES string of the molecule is [3HH].[3H][3H].[3H][3H].[3H][3H].[3H][3H].[3H][3H].[3H][3H].[3H][3H].[3H][3H].[3H][3H].[3H][3H].[3H][3H].[3H][3H].[3H][3H].[3H][3H].[3H][3H].[3H][3H].[3H][3H].[3H][3H].[3H][3H].[3H][3H].[3H][3H].[3H][3H].[3H][3H].[3H][3H].[3H][3H].[3H][3H].[3H][3H].[3H][3H].[3H][3H].[3H][3H].[3H][3H].[3H][3H].[3H][3H].[3H][3H].[3H][3H].[3H][3H].[3H][3H].[C-]#[N+]C1=C(O)[C@H](C)[C@H]2CCc3c(-c4ccccc4F)nc(-c4ccnc5ccccc45)nc3[C@]2(C)C1.[C-]#[N+]C1=C[C@@]2(C)c3nc(-c4ccnc5ccccc45)nc(-c4ccccc4F)c3CC[C@@H]2[C@@H](C)C1=O.[C-]#[N+]C1=C[C@]2(C)C(=C(C)C1=O)CCc1c(-c3ccccc3F)nc(-c3ccnc4ccccc34)nc12. The maximum atomic E-state index is 15.1. The van der Waals surface area contributed by atoms with E-state index in [1.807, 2.05) is 118 Å². The summed E-state index contributed by atoms with van der Waals surface area (Å²) in [5.41, 5.74) is 13.1. The number of allylic oxidation sites excluding steroid dienone is 7. The van der Waals surface area contributed by atoms with Crippen molar-refractivity contribution < 1.29 is 139 Å². The number of aliphatic hydroxyl groups excluding tert-OH is 1. The molecule has 0 spiro atoms. The van der Waals surface area contributed by atoms with Gasteiger partial charge in [0.2, 0.25) is 17.1 Å². The fourth-order valence-electron chi connectivity index (χ4n) is 17.9. The third kappa shape index (κ3) is 11.4. The zero-order chi connectivity index (χ0) is 149. The summed E-state index contributed by atoms with van der Waals surface area (Å²) < 4.78 is 415. The fourth-order valence-corrected chi connectivity index (χ4v) is 17.9. The normalized spacial score (nSPS) is 24.4. The van der Waals surface area contributed by atoms with Gasteiger partial charge in [-0.15, -0.1) is 0 Å². The summed E-state index contributed by atoms with van der Waals surface area (Å²) in [4.78, 5) is 80.1. The number of halogens is 3. The van der Waals surface area contributed by atoms with Crippen LogP contribution in [0.1, 0.15) is 212 Å². The van der Waals surface area contributed by atoms with E-state index in [1.54, 1.807) is 86.2 Å².